The number of amides is 1. The van der Waals surface area contributed by atoms with E-state index in [2.05, 4.69) is 15.6 Å². The number of hydrogen-bond acceptors (Lipinski definition) is 6. The highest BCUT2D eigenvalue weighted by atomic mass is 35.5. The van der Waals surface area contributed by atoms with Crippen molar-refractivity contribution in [3.8, 4) is 22.8 Å². The number of carbonyl (C=O) groups excluding carboxylic acids is 1. The van der Waals surface area contributed by atoms with Crippen LogP contribution in [0.15, 0.2) is 47.8 Å². The number of anilines is 1. The molecule has 2 N–H and O–H groups in total. The van der Waals surface area contributed by atoms with Gasteiger partial charge in [-0.15, -0.1) is 11.3 Å². The van der Waals surface area contributed by atoms with Gasteiger partial charge in [-0.05, 0) is 36.5 Å². The van der Waals surface area contributed by atoms with Gasteiger partial charge in [0, 0.05) is 22.0 Å². The molecule has 144 valence electrons. The molecular weight excluding hydrogens is 418 g/mol. The number of carbonyl (C=O) groups is 1. The quantitative estimate of drug-likeness (QED) is 0.572. The summed E-state index contributed by atoms with van der Waals surface area (Å²) in [5.74, 6) is 0.581. The van der Waals surface area contributed by atoms with Gasteiger partial charge in [0.1, 0.15) is 11.5 Å². The van der Waals surface area contributed by atoms with Crippen LogP contribution in [-0.4, -0.2) is 30.2 Å². The third-order valence-corrected chi connectivity index (χ3v) is 4.96. The van der Waals surface area contributed by atoms with Crippen LogP contribution in [0.4, 0.5) is 5.13 Å². The number of ether oxygens (including phenoxy) is 2. The second-order valence-corrected chi connectivity index (χ2v) is 7.22. The molecule has 0 unspecified atom stereocenters. The summed E-state index contributed by atoms with van der Waals surface area (Å²) in [6.45, 7) is 0. The Bertz CT molecular complexity index is 1010. The van der Waals surface area contributed by atoms with E-state index in [9.17, 15) is 4.79 Å². The second-order valence-electron chi connectivity index (χ2n) is 5.52. The molecule has 1 amide bonds. The lowest BCUT2D eigenvalue weighted by Gasteiger charge is -2.11. The second kappa shape index (κ2) is 9.01. The fourth-order valence-corrected chi connectivity index (χ4v) is 3.47. The van der Waals surface area contributed by atoms with Crippen molar-refractivity contribution in [2.75, 3.05) is 19.5 Å². The molecule has 0 aliphatic carbocycles. The number of thiazole rings is 1. The normalized spacial score (nSPS) is 10.2. The molecule has 0 aliphatic rings. The first-order chi connectivity index (χ1) is 13.5. The van der Waals surface area contributed by atoms with Crippen LogP contribution in [0.1, 0.15) is 10.4 Å². The maximum Gasteiger partial charge on any atom is 0.261 e. The first kappa shape index (κ1) is 20.1. The third-order valence-electron chi connectivity index (χ3n) is 3.75. The Hall–Kier alpha value is -2.68. The molecule has 0 spiro atoms. The minimum Gasteiger partial charge on any atom is -0.497 e. The van der Waals surface area contributed by atoms with E-state index in [4.69, 9.17) is 33.3 Å². The predicted octanol–water partition coefficient (Wildman–Crippen LogP) is 4.61. The summed E-state index contributed by atoms with van der Waals surface area (Å²) in [4.78, 5) is 17.0. The monoisotopic (exact) mass is 433 g/mol. The van der Waals surface area contributed by atoms with Gasteiger partial charge >= 0.3 is 0 Å². The number of halogens is 1. The molecule has 0 radical (unpaired) electrons. The lowest BCUT2D eigenvalue weighted by molar-refractivity contribution is 0.0974. The van der Waals surface area contributed by atoms with Crippen molar-refractivity contribution in [2.45, 2.75) is 0 Å². The first-order valence-electron chi connectivity index (χ1n) is 8.06. The van der Waals surface area contributed by atoms with Crippen molar-refractivity contribution < 1.29 is 14.3 Å². The SMILES string of the molecule is COc1ccc(C(=O)NC(=S)Nc2nc(-c3ccc(Cl)cc3)cs2)c(OC)c1. The summed E-state index contributed by atoms with van der Waals surface area (Å²) in [7, 11) is 3.02. The zero-order chi connectivity index (χ0) is 20.1. The molecule has 0 saturated heterocycles. The molecule has 0 atom stereocenters. The minimum absolute atomic E-state index is 0.139. The molecule has 0 bridgehead atoms. The minimum atomic E-state index is -0.397. The third kappa shape index (κ3) is 4.78. The van der Waals surface area contributed by atoms with E-state index >= 15 is 0 Å². The van der Waals surface area contributed by atoms with Crippen molar-refractivity contribution in [3.05, 3.63) is 58.4 Å². The van der Waals surface area contributed by atoms with Crippen molar-refractivity contribution in [1.82, 2.24) is 10.3 Å². The number of nitrogens with zero attached hydrogens (tertiary/aromatic N) is 1. The summed E-state index contributed by atoms with van der Waals surface area (Å²) in [6, 6.07) is 12.3. The Morgan fingerprint density at radius 1 is 1.14 bits per heavy atom. The molecule has 0 aliphatic heterocycles. The predicted molar refractivity (Wildman–Crippen MR) is 116 cm³/mol. The number of benzene rings is 2. The summed E-state index contributed by atoms with van der Waals surface area (Å²) in [5, 5.41) is 8.80. The van der Waals surface area contributed by atoms with Crippen LogP contribution < -0.4 is 20.1 Å². The Labute approximate surface area is 176 Å². The van der Waals surface area contributed by atoms with E-state index in [1.807, 2.05) is 17.5 Å². The molecule has 3 aromatic rings. The van der Waals surface area contributed by atoms with Crippen LogP contribution in [-0.2, 0) is 0 Å². The van der Waals surface area contributed by atoms with Crippen LogP contribution >= 0.6 is 35.2 Å². The van der Waals surface area contributed by atoms with Crippen LogP contribution in [0.2, 0.25) is 5.02 Å². The number of aromatic nitrogens is 1. The van der Waals surface area contributed by atoms with Crippen molar-refractivity contribution in [2.24, 2.45) is 0 Å². The molecule has 3 rings (SSSR count). The lowest BCUT2D eigenvalue weighted by atomic mass is 10.2. The Morgan fingerprint density at radius 2 is 1.89 bits per heavy atom. The van der Waals surface area contributed by atoms with Gasteiger partial charge in [0.2, 0.25) is 0 Å². The Morgan fingerprint density at radius 3 is 2.57 bits per heavy atom. The number of nitrogens with one attached hydrogen (secondary N) is 2. The van der Waals surface area contributed by atoms with Gasteiger partial charge in [-0.3, -0.25) is 10.1 Å². The van der Waals surface area contributed by atoms with Gasteiger partial charge in [-0.2, -0.15) is 0 Å². The van der Waals surface area contributed by atoms with Crippen molar-refractivity contribution in [1.29, 1.82) is 0 Å². The Balaban J connectivity index is 1.66. The average Bonchev–Trinajstić information content (AvgIpc) is 3.16. The topological polar surface area (TPSA) is 72.5 Å². The summed E-state index contributed by atoms with van der Waals surface area (Å²) in [6.07, 6.45) is 0. The van der Waals surface area contributed by atoms with Gasteiger partial charge < -0.3 is 14.8 Å². The van der Waals surface area contributed by atoms with Crippen LogP contribution in [0.3, 0.4) is 0 Å². The van der Waals surface area contributed by atoms with E-state index in [-0.39, 0.29) is 5.11 Å². The largest absolute Gasteiger partial charge is 0.497 e. The number of methoxy groups -OCH3 is 2. The molecule has 9 heteroatoms. The standard InChI is InChI=1S/C19H16ClN3O3S2/c1-25-13-7-8-14(16(9-13)26-2)17(24)22-18(27)23-19-21-15(10-28-19)11-3-5-12(20)6-4-11/h3-10H,1-2H3,(H2,21,22,23,24,27). The number of rotatable bonds is 5. The number of thiocarbonyl (C=S) groups is 1. The van der Waals surface area contributed by atoms with E-state index in [0.717, 1.165) is 11.3 Å². The molecule has 1 aromatic heterocycles. The molecule has 28 heavy (non-hydrogen) atoms. The molecular formula is C19H16ClN3O3S2. The summed E-state index contributed by atoms with van der Waals surface area (Å²) >= 11 is 12.5. The average molecular weight is 434 g/mol. The molecule has 6 nitrogen and oxygen atoms in total. The van der Waals surface area contributed by atoms with Gasteiger partial charge in [0.25, 0.3) is 5.91 Å². The summed E-state index contributed by atoms with van der Waals surface area (Å²) in [5.41, 5.74) is 2.06. The van der Waals surface area contributed by atoms with Gasteiger partial charge in [0.15, 0.2) is 10.2 Å². The van der Waals surface area contributed by atoms with Gasteiger partial charge in [0.05, 0.1) is 25.5 Å². The molecule has 1 heterocycles. The highest BCUT2D eigenvalue weighted by Crippen LogP contribution is 2.26. The molecule has 0 saturated carbocycles. The first-order valence-corrected chi connectivity index (χ1v) is 9.72. The van der Waals surface area contributed by atoms with Gasteiger partial charge in [-0.25, -0.2) is 4.98 Å². The lowest BCUT2D eigenvalue weighted by Crippen LogP contribution is -2.34. The van der Waals surface area contributed by atoms with E-state index in [1.54, 1.807) is 37.4 Å². The fourth-order valence-electron chi connectivity index (χ4n) is 2.37. The van der Waals surface area contributed by atoms with E-state index < -0.39 is 5.91 Å². The van der Waals surface area contributed by atoms with Crippen LogP contribution in [0.5, 0.6) is 11.5 Å². The zero-order valence-corrected chi connectivity index (χ0v) is 17.4. The maximum absolute atomic E-state index is 12.5. The fraction of sp³-hybridized carbons (Fsp3) is 0.105. The van der Waals surface area contributed by atoms with E-state index in [0.29, 0.717) is 27.2 Å². The maximum atomic E-state index is 12.5. The van der Waals surface area contributed by atoms with Crippen molar-refractivity contribution >= 4 is 51.3 Å². The van der Waals surface area contributed by atoms with Crippen LogP contribution in [0.25, 0.3) is 11.3 Å². The smallest absolute Gasteiger partial charge is 0.261 e. The molecule has 0 fully saturated rings. The summed E-state index contributed by atoms with van der Waals surface area (Å²) < 4.78 is 10.4. The van der Waals surface area contributed by atoms with Crippen molar-refractivity contribution in [3.63, 3.8) is 0 Å². The van der Waals surface area contributed by atoms with Gasteiger partial charge in [-0.1, -0.05) is 23.7 Å². The molecule has 2 aromatic carbocycles. The number of hydrogen-bond donors (Lipinski definition) is 2. The highest BCUT2D eigenvalue weighted by molar-refractivity contribution is 7.80. The highest BCUT2D eigenvalue weighted by Gasteiger charge is 2.15. The van der Waals surface area contributed by atoms with E-state index in [1.165, 1.54) is 18.4 Å². The Kier molecular flexibility index (Phi) is 6.45. The zero-order valence-electron chi connectivity index (χ0n) is 15.0. The van der Waals surface area contributed by atoms with Crippen LogP contribution in [0, 0.1) is 0 Å².